The Morgan fingerprint density at radius 2 is 1.92 bits per heavy atom. The second kappa shape index (κ2) is 8.34. The molecule has 10 heteroatoms. The molecule has 25 heavy (non-hydrogen) atoms. The molecule has 0 fully saturated rings. The van der Waals surface area contributed by atoms with E-state index in [0.717, 1.165) is 6.07 Å². The number of rotatable bonds is 7. The Morgan fingerprint density at radius 3 is 2.52 bits per heavy atom. The van der Waals surface area contributed by atoms with Crippen LogP contribution in [0.3, 0.4) is 0 Å². The zero-order valence-electron chi connectivity index (χ0n) is 12.8. The molecule has 0 aliphatic carbocycles. The van der Waals surface area contributed by atoms with Crippen molar-refractivity contribution in [3.8, 4) is 5.75 Å². The standard InChI is InChI=1S/C15H12F3IN2O4/c1-24-4-5-25-12-7-10(17)13(18)14(15(12)21(22)23)20-11-3-2-8(19)6-9(11)16/h2-3,6-7,20H,4-5H2,1H3. The number of halogens is 4. The normalized spacial score (nSPS) is 10.6. The summed E-state index contributed by atoms with van der Waals surface area (Å²) in [5, 5.41) is 13.6. The molecule has 0 aromatic heterocycles. The van der Waals surface area contributed by atoms with Gasteiger partial charge in [-0.3, -0.25) is 10.1 Å². The summed E-state index contributed by atoms with van der Waals surface area (Å²) in [6, 6.07) is 4.47. The van der Waals surface area contributed by atoms with Crippen LogP contribution >= 0.6 is 22.6 Å². The van der Waals surface area contributed by atoms with Crippen molar-refractivity contribution in [3.05, 3.63) is 55.4 Å². The van der Waals surface area contributed by atoms with E-state index in [-0.39, 0.29) is 18.9 Å². The van der Waals surface area contributed by atoms with Gasteiger partial charge in [0, 0.05) is 16.7 Å². The molecule has 0 saturated carbocycles. The first-order valence-electron chi connectivity index (χ1n) is 6.85. The largest absolute Gasteiger partial charge is 0.484 e. The Kier molecular flexibility index (Phi) is 6.42. The van der Waals surface area contributed by atoms with Gasteiger partial charge in [-0.05, 0) is 40.8 Å². The summed E-state index contributed by atoms with van der Waals surface area (Å²) in [5.74, 6) is -4.14. The number of hydrogen-bond donors (Lipinski definition) is 1. The van der Waals surface area contributed by atoms with Crippen LogP contribution in [-0.2, 0) is 4.74 Å². The lowest BCUT2D eigenvalue weighted by molar-refractivity contribution is -0.385. The van der Waals surface area contributed by atoms with Crippen LogP contribution in [0, 0.1) is 31.1 Å². The third kappa shape index (κ3) is 4.51. The quantitative estimate of drug-likeness (QED) is 0.283. The zero-order chi connectivity index (χ0) is 18.6. The van der Waals surface area contributed by atoms with Gasteiger partial charge in [0.2, 0.25) is 5.75 Å². The molecule has 6 nitrogen and oxygen atoms in total. The third-order valence-corrected chi connectivity index (χ3v) is 3.75. The van der Waals surface area contributed by atoms with Crippen LogP contribution in [0.25, 0.3) is 0 Å². The number of nitrogens with zero attached hydrogens (tertiary/aromatic N) is 1. The second-order valence-corrected chi connectivity index (χ2v) is 5.99. The SMILES string of the molecule is COCCOc1cc(F)c(F)c(Nc2ccc(I)cc2F)c1[N+](=O)[O-]. The van der Waals surface area contributed by atoms with Crippen LogP contribution in [0.5, 0.6) is 5.75 Å². The van der Waals surface area contributed by atoms with E-state index in [1.54, 1.807) is 0 Å². The van der Waals surface area contributed by atoms with Gasteiger partial charge in [-0.1, -0.05) is 0 Å². The Morgan fingerprint density at radius 1 is 1.20 bits per heavy atom. The van der Waals surface area contributed by atoms with Gasteiger partial charge in [0.25, 0.3) is 0 Å². The van der Waals surface area contributed by atoms with E-state index in [1.807, 2.05) is 22.6 Å². The molecular weight excluding hydrogens is 456 g/mol. The van der Waals surface area contributed by atoms with Crippen LogP contribution in [0.4, 0.5) is 30.2 Å². The summed E-state index contributed by atoms with van der Waals surface area (Å²) in [7, 11) is 1.38. The average molecular weight is 468 g/mol. The molecule has 0 atom stereocenters. The molecule has 0 unspecified atom stereocenters. The molecular formula is C15H12F3IN2O4. The first-order chi connectivity index (χ1) is 11.8. The molecule has 0 saturated heterocycles. The summed E-state index contributed by atoms with van der Waals surface area (Å²) in [6.45, 7) is -0.0234. The molecule has 2 aromatic rings. The lowest BCUT2D eigenvalue weighted by Gasteiger charge is -2.13. The molecule has 2 rings (SSSR count). The number of hydrogen-bond acceptors (Lipinski definition) is 5. The lowest BCUT2D eigenvalue weighted by atomic mass is 10.2. The Labute approximate surface area is 154 Å². The Balaban J connectivity index is 2.52. The molecule has 0 aliphatic heterocycles. The number of methoxy groups -OCH3 is 1. The fourth-order valence-electron chi connectivity index (χ4n) is 1.96. The van der Waals surface area contributed by atoms with Gasteiger partial charge in [0.05, 0.1) is 17.2 Å². The van der Waals surface area contributed by atoms with E-state index in [2.05, 4.69) is 5.32 Å². The Bertz CT molecular complexity index is 805. The van der Waals surface area contributed by atoms with Crippen molar-refractivity contribution in [1.82, 2.24) is 0 Å². The van der Waals surface area contributed by atoms with E-state index in [9.17, 15) is 23.3 Å². The number of anilines is 2. The maximum Gasteiger partial charge on any atom is 0.337 e. The molecule has 0 heterocycles. The van der Waals surface area contributed by atoms with Gasteiger partial charge < -0.3 is 14.8 Å². The maximum atomic E-state index is 14.1. The van der Waals surface area contributed by atoms with Crippen LogP contribution < -0.4 is 10.1 Å². The number of nitro benzene ring substituents is 1. The van der Waals surface area contributed by atoms with Gasteiger partial charge in [-0.2, -0.15) is 0 Å². The van der Waals surface area contributed by atoms with Crippen LogP contribution in [0.1, 0.15) is 0 Å². The van der Waals surface area contributed by atoms with Crippen LogP contribution in [-0.4, -0.2) is 25.2 Å². The first-order valence-corrected chi connectivity index (χ1v) is 7.93. The van der Waals surface area contributed by atoms with Gasteiger partial charge >= 0.3 is 5.69 Å². The second-order valence-electron chi connectivity index (χ2n) is 4.74. The van der Waals surface area contributed by atoms with E-state index < -0.39 is 39.5 Å². The minimum Gasteiger partial charge on any atom is -0.484 e. The van der Waals surface area contributed by atoms with Crippen molar-refractivity contribution in [1.29, 1.82) is 0 Å². The fourth-order valence-corrected chi connectivity index (χ4v) is 2.41. The smallest absolute Gasteiger partial charge is 0.337 e. The number of nitro groups is 1. The number of ether oxygens (including phenoxy) is 2. The highest BCUT2D eigenvalue weighted by atomic mass is 127. The highest BCUT2D eigenvalue weighted by molar-refractivity contribution is 14.1. The van der Waals surface area contributed by atoms with Crippen LogP contribution in [0.15, 0.2) is 24.3 Å². The number of benzene rings is 2. The molecule has 134 valence electrons. The van der Waals surface area contributed by atoms with Crippen molar-refractivity contribution >= 4 is 39.7 Å². The molecule has 2 aromatic carbocycles. The highest BCUT2D eigenvalue weighted by Crippen LogP contribution is 2.40. The van der Waals surface area contributed by atoms with Crippen molar-refractivity contribution < 1.29 is 27.6 Å². The van der Waals surface area contributed by atoms with Crippen molar-refractivity contribution in [2.24, 2.45) is 0 Å². The van der Waals surface area contributed by atoms with E-state index in [4.69, 9.17) is 9.47 Å². The van der Waals surface area contributed by atoms with Crippen molar-refractivity contribution in [2.75, 3.05) is 25.6 Å². The Hall–Kier alpha value is -2.08. The lowest BCUT2D eigenvalue weighted by Crippen LogP contribution is -2.09. The topological polar surface area (TPSA) is 73.6 Å². The summed E-state index contributed by atoms with van der Waals surface area (Å²) in [5.41, 5.74) is -1.90. The van der Waals surface area contributed by atoms with Gasteiger partial charge in [0.15, 0.2) is 17.3 Å². The summed E-state index contributed by atoms with van der Waals surface area (Å²) >= 11 is 1.86. The minimum atomic E-state index is -1.51. The van der Waals surface area contributed by atoms with E-state index in [1.165, 1.54) is 19.2 Å². The van der Waals surface area contributed by atoms with E-state index >= 15 is 0 Å². The van der Waals surface area contributed by atoms with Crippen molar-refractivity contribution in [3.63, 3.8) is 0 Å². The summed E-state index contributed by atoms with van der Waals surface area (Å²) in [6.07, 6.45) is 0. The summed E-state index contributed by atoms with van der Waals surface area (Å²) < 4.78 is 52.3. The predicted molar refractivity (Wildman–Crippen MR) is 92.8 cm³/mol. The van der Waals surface area contributed by atoms with Gasteiger partial charge in [0.1, 0.15) is 12.4 Å². The highest BCUT2D eigenvalue weighted by Gasteiger charge is 2.29. The molecule has 0 aliphatic rings. The molecule has 0 spiro atoms. The molecule has 0 radical (unpaired) electrons. The van der Waals surface area contributed by atoms with Crippen molar-refractivity contribution in [2.45, 2.75) is 0 Å². The number of nitrogens with one attached hydrogen (secondary N) is 1. The monoisotopic (exact) mass is 468 g/mol. The molecule has 1 N–H and O–H groups in total. The average Bonchev–Trinajstić information content (AvgIpc) is 2.54. The van der Waals surface area contributed by atoms with Crippen LogP contribution in [0.2, 0.25) is 0 Å². The predicted octanol–water partition coefficient (Wildman–Crippen LogP) is 4.39. The molecule has 0 bridgehead atoms. The summed E-state index contributed by atoms with van der Waals surface area (Å²) in [4.78, 5) is 10.4. The van der Waals surface area contributed by atoms with Gasteiger partial charge in [-0.25, -0.2) is 13.2 Å². The fraction of sp³-hybridized carbons (Fsp3) is 0.200. The minimum absolute atomic E-state index is 0.0880. The maximum absolute atomic E-state index is 14.1. The van der Waals surface area contributed by atoms with E-state index in [0.29, 0.717) is 9.64 Å². The third-order valence-electron chi connectivity index (χ3n) is 3.08. The first kappa shape index (κ1) is 19.2. The molecule has 0 amide bonds. The zero-order valence-corrected chi connectivity index (χ0v) is 15.0. The van der Waals surface area contributed by atoms with Gasteiger partial charge in [-0.15, -0.1) is 0 Å².